The number of hydrogen-bond acceptors (Lipinski definition) is 4. The Morgan fingerprint density at radius 3 is 2.68 bits per heavy atom. The molecule has 0 spiro atoms. The Morgan fingerprint density at radius 2 is 2.00 bits per heavy atom. The largest absolute Gasteiger partial charge is 0.469 e. The van der Waals surface area contributed by atoms with Gasteiger partial charge >= 0.3 is 12.1 Å². The van der Waals surface area contributed by atoms with Gasteiger partial charge in [0.15, 0.2) is 0 Å². The number of esters is 1. The van der Waals surface area contributed by atoms with E-state index >= 15 is 0 Å². The van der Waals surface area contributed by atoms with E-state index in [9.17, 15) is 9.59 Å². The SMILES string of the molecule is CCOC(=O)n1cc(CC(=O)OC)c2ccccc21. The molecular formula is C14H15NO4. The first-order chi connectivity index (χ1) is 9.17. The molecule has 1 aromatic heterocycles. The minimum absolute atomic E-state index is 0.128. The fraction of sp³-hybridized carbons (Fsp3) is 0.286. The lowest BCUT2D eigenvalue weighted by Crippen LogP contribution is -2.12. The van der Waals surface area contributed by atoms with E-state index in [1.54, 1.807) is 13.1 Å². The van der Waals surface area contributed by atoms with E-state index in [1.807, 2.05) is 24.3 Å². The van der Waals surface area contributed by atoms with Crippen molar-refractivity contribution in [3.63, 3.8) is 0 Å². The summed E-state index contributed by atoms with van der Waals surface area (Å²) in [6, 6.07) is 7.37. The second-order valence-electron chi connectivity index (χ2n) is 3.99. The number of benzene rings is 1. The predicted octanol–water partition coefficient (Wildman–Crippen LogP) is 2.36. The number of aromatic nitrogens is 1. The maximum atomic E-state index is 11.9. The van der Waals surface area contributed by atoms with E-state index in [0.29, 0.717) is 6.61 Å². The van der Waals surface area contributed by atoms with Crippen LogP contribution >= 0.6 is 0 Å². The third-order valence-corrected chi connectivity index (χ3v) is 2.82. The van der Waals surface area contributed by atoms with E-state index in [-0.39, 0.29) is 12.4 Å². The number of fused-ring (bicyclic) bond motifs is 1. The number of ether oxygens (including phenoxy) is 2. The Hall–Kier alpha value is -2.30. The summed E-state index contributed by atoms with van der Waals surface area (Å²) in [5, 5.41) is 0.848. The highest BCUT2D eigenvalue weighted by molar-refractivity contribution is 5.93. The molecule has 1 aromatic carbocycles. The summed E-state index contributed by atoms with van der Waals surface area (Å²) in [6.07, 6.45) is 1.30. The van der Waals surface area contributed by atoms with Crippen LogP contribution in [0.4, 0.5) is 4.79 Å². The van der Waals surface area contributed by atoms with Crippen molar-refractivity contribution in [2.75, 3.05) is 13.7 Å². The lowest BCUT2D eigenvalue weighted by atomic mass is 10.1. The summed E-state index contributed by atoms with van der Waals surface area (Å²) in [6.45, 7) is 2.05. The monoisotopic (exact) mass is 261 g/mol. The maximum Gasteiger partial charge on any atom is 0.418 e. The number of nitrogens with zero attached hydrogens (tertiary/aromatic N) is 1. The van der Waals surface area contributed by atoms with Gasteiger partial charge in [0.2, 0.25) is 0 Å². The van der Waals surface area contributed by atoms with Crippen LogP contribution in [0.5, 0.6) is 0 Å². The Bertz CT molecular complexity index is 615. The van der Waals surface area contributed by atoms with E-state index in [0.717, 1.165) is 16.5 Å². The molecule has 0 aliphatic rings. The third kappa shape index (κ3) is 2.59. The average Bonchev–Trinajstić information content (AvgIpc) is 2.78. The summed E-state index contributed by atoms with van der Waals surface area (Å²) in [5.41, 5.74) is 1.47. The molecule has 100 valence electrons. The zero-order valence-electron chi connectivity index (χ0n) is 10.9. The van der Waals surface area contributed by atoms with Crippen LogP contribution in [0.1, 0.15) is 12.5 Å². The fourth-order valence-corrected chi connectivity index (χ4v) is 1.96. The maximum absolute atomic E-state index is 11.9. The standard InChI is InChI=1S/C14H15NO4/c1-3-19-14(17)15-9-10(8-13(16)18-2)11-6-4-5-7-12(11)15/h4-7,9H,3,8H2,1-2H3. The van der Waals surface area contributed by atoms with Crippen LogP contribution in [0.15, 0.2) is 30.5 Å². The van der Waals surface area contributed by atoms with Gasteiger partial charge in [-0.05, 0) is 18.6 Å². The summed E-state index contributed by atoms with van der Waals surface area (Å²) >= 11 is 0. The molecule has 0 bridgehead atoms. The molecule has 0 aliphatic carbocycles. The van der Waals surface area contributed by atoms with Crippen molar-refractivity contribution < 1.29 is 19.1 Å². The number of carbonyl (C=O) groups excluding carboxylic acids is 2. The normalized spacial score (nSPS) is 10.4. The molecule has 0 radical (unpaired) electrons. The summed E-state index contributed by atoms with van der Waals surface area (Å²) < 4.78 is 11.1. The molecule has 2 aromatic rings. The second kappa shape index (κ2) is 5.56. The summed E-state index contributed by atoms with van der Waals surface area (Å²) in [5.74, 6) is -0.341. The molecule has 1 heterocycles. The molecule has 0 unspecified atom stereocenters. The zero-order chi connectivity index (χ0) is 13.8. The smallest absolute Gasteiger partial charge is 0.418 e. The molecule has 0 N–H and O–H groups in total. The van der Waals surface area contributed by atoms with Gasteiger partial charge in [0.05, 0.1) is 25.7 Å². The van der Waals surface area contributed by atoms with Crippen LogP contribution in [-0.2, 0) is 20.7 Å². The van der Waals surface area contributed by atoms with Crippen LogP contribution in [0.2, 0.25) is 0 Å². The van der Waals surface area contributed by atoms with Gasteiger partial charge in [-0.2, -0.15) is 0 Å². The average molecular weight is 261 g/mol. The minimum Gasteiger partial charge on any atom is -0.469 e. The number of rotatable bonds is 3. The van der Waals surface area contributed by atoms with Crippen molar-refractivity contribution in [3.8, 4) is 0 Å². The van der Waals surface area contributed by atoms with Crippen LogP contribution in [0.25, 0.3) is 10.9 Å². The van der Waals surface area contributed by atoms with E-state index < -0.39 is 6.09 Å². The molecule has 0 saturated heterocycles. The molecule has 0 atom stereocenters. The van der Waals surface area contributed by atoms with Gasteiger partial charge in [-0.1, -0.05) is 18.2 Å². The second-order valence-corrected chi connectivity index (χ2v) is 3.99. The van der Waals surface area contributed by atoms with Crippen molar-refractivity contribution in [2.24, 2.45) is 0 Å². The van der Waals surface area contributed by atoms with Crippen molar-refractivity contribution in [1.29, 1.82) is 0 Å². The minimum atomic E-state index is -0.449. The Labute approximate surface area is 110 Å². The lowest BCUT2D eigenvalue weighted by Gasteiger charge is -2.03. The molecule has 0 fully saturated rings. The number of carbonyl (C=O) groups is 2. The number of para-hydroxylation sites is 1. The molecule has 5 nitrogen and oxygen atoms in total. The molecule has 5 heteroatoms. The molecule has 19 heavy (non-hydrogen) atoms. The highest BCUT2D eigenvalue weighted by atomic mass is 16.5. The molecule has 0 aliphatic heterocycles. The van der Waals surface area contributed by atoms with Crippen LogP contribution in [-0.4, -0.2) is 30.3 Å². The Morgan fingerprint density at radius 1 is 1.26 bits per heavy atom. The quantitative estimate of drug-likeness (QED) is 0.796. The lowest BCUT2D eigenvalue weighted by molar-refractivity contribution is -0.139. The summed E-state index contributed by atoms with van der Waals surface area (Å²) in [4.78, 5) is 23.2. The number of methoxy groups -OCH3 is 1. The first-order valence-corrected chi connectivity index (χ1v) is 6.00. The van der Waals surface area contributed by atoms with E-state index in [4.69, 9.17) is 4.74 Å². The van der Waals surface area contributed by atoms with Gasteiger partial charge in [-0.3, -0.25) is 9.36 Å². The molecule has 0 saturated carbocycles. The Balaban J connectivity index is 2.48. The first-order valence-electron chi connectivity index (χ1n) is 6.00. The molecular weight excluding hydrogens is 246 g/mol. The van der Waals surface area contributed by atoms with Crippen molar-refractivity contribution in [3.05, 3.63) is 36.0 Å². The van der Waals surface area contributed by atoms with Gasteiger partial charge in [-0.25, -0.2) is 4.79 Å². The van der Waals surface area contributed by atoms with Crippen molar-refractivity contribution in [2.45, 2.75) is 13.3 Å². The van der Waals surface area contributed by atoms with Crippen molar-refractivity contribution in [1.82, 2.24) is 4.57 Å². The van der Waals surface area contributed by atoms with E-state index in [1.165, 1.54) is 11.7 Å². The highest BCUT2D eigenvalue weighted by Crippen LogP contribution is 2.22. The third-order valence-electron chi connectivity index (χ3n) is 2.82. The highest BCUT2D eigenvalue weighted by Gasteiger charge is 2.16. The van der Waals surface area contributed by atoms with E-state index in [2.05, 4.69) is 4.74 Å². The van der Waals surface area contributed by atoms with Gasteiger partial charge in [-0.15, -0.1) is 0 Å². The van der Waals surface area contributed by atoms with Crippen LogP contribution < -0.4 is 0 Å². The zero-order valence-corrected chi connectivity index (χ0v) is 10.9. The fourth-order valence-electron chi connectivity index (χ4n) is 1.96. The topological polar surface area (TPSA) is 57.5 Å². The molecule has 2 rings (SSSR count). The van der Waals surface area contributed by atoms with Gasteiger partial charge in [0.1, 0.15) is 0 Å². The predicted molar refractivity (Wildman–Crippen MR) is 70.1 cm³/mol. The van der Waals surface area contributed by atoms with Gasteiger partial charge in [0, 0.05) is 11.6 Å². The summed E-state index contributed by atoms with van der Waals surface area (Å²) in [7, 11) is 1.34. The van der Waals surface area contributed by atoms with Gasteiger partial charge < -0.3 is 9.47 Å². The van der Waals surface area contributed by atoms with Gasteiger partial charge in [0.25, 0.3) is 0 Å². The first kappa shape index (κ1) is 13.1. The van der Waals surface area contributed by atoms with Crippen molar-refractivity contribution >= 4 is 23.0 Å². The molecule has 0 amide bonds. The van der Waals surface area contributed by atoms with Crippen LogP contribution in [0, 0.1) is 0 Å². The van der Waals surface area contributed by atoms with Crippen LogP contribution in [0.3, 0.4) is 0 Å². The number of hydrogen-bond donors (Lipinski definition) is 0. The Kier molecular flexibility index (Phi) is 3.85.